The average molecular weight is 334 g/mol. The van der Waals surface area contributed by atoms with E-state index < -0.39 is 0 Å². The summed E-state index contributed by atoms with van der Waals surface area (Å²) >= 11 is 5.94. The molecule has 2 amide bonds. The highest BCUT2D eigenvalue weighted by molar-refractivity contribution is 6.30. The van der Waals surface area contributed by atoms with Crippen molar-refractivity contribution in [3.05, 3.63) is 40.9 Å². The summed E-state index contributed by atoms with van der Waals surface area (Å²) in [6.07, 6.45) is 2.03. The van der Waals surface area contributed by atoms with Gasteiger partial charge in [-0.2, -0.15) is 0 Å². The van der Waals surface area contributed by atoms with Crippen LogP contribution in [0.3, 0.4) is 0 Å². The third-order valence-corrected chi connectivity index (χ3v) is 4.19. The molecule has 0 radical (unpaired) electrons. The number of urea groups is 1. The standard InChI is InChI=1S/C16H20ClN5O/c1-10(2)14(15-21-20-13-7-4-8-22(13)15)19-16(23)18-12-6-3-5-11(17)9-12/h3,5-6,9-10,14H,4,7-8H2,1-2H3,(H2,18,19,23). The summed E-state index contributed by atoms with van der Waals surface area (Å²) in [4.78, 5) is 12.3. The molecule has 0 spiro atoms. The van der Waals surface area contributed by atoms with Crippen LogP contribution in [0.15, 0.2) is 24.3 Å². The van der Waals surface area contributed by atoms with Crippen LogP contribution in [0.4, 0.5) is 10.5 Å². The summed E-state index contributed by atoms with van der Waals surface area (Å²) < 4.78 is 2.12. The van der Waals surface area contributed by atoms with Crippen molar-refractivity contribution in [3.63, 3.8) is 0 Å². The van der Waals surface area contributed by atoms with Crippen LogP contribution in [0.1, 0.15) is 38.0 Å². The number of nitrogens with one attached hydrogen (secondary N) is 2. The number of aryl methyl sites for hydroxylation is 1. The Bertz CT molecular complexity index is 712. The topological polar surface area (TPSA) is 71.8 Å². The molecular formula is C16H20ClN5O. The van der Waals surface area contributed by atoms with E-state index in [1.54, 1.807) is 24.3 Å². The summed E-state index contributed by atoms with van der Waals surface area (Å²) in [5, 5.41) is 14.9. The maximum absolute atomic E-state index is 12.3. The van der Waals surface area contributed by atoms with Crippen molar-refractivity contribution < 1.29 is 4.79 Å². The minimum absolute atomic E-state index is 0.187. The normalized spacial score (nSPS) is 14.6. The minimum atomic E-state index is -0.277. The molecule has 0 saturated heterocycles. The molecule has 1 atom stereocenters. The zero-order valence-electron chi connectivity index (χ0n) is 13.2. The molecule has 0 saturated carbocycles. The molecule has 23 heavy (non-hydrogen) atoms. The lowest BCUT2D eigenvalue weighted by Gasteiger charge is -2.22. The van der Waals surface area contributed by atoms with Crippen LogP contribution >= 0.6 is 11.6 Å². The van der Waals surface area contributed by atoms with Crippen LogP contribution in [0.5, 0.6) is 0 Å². The lowest BCUT2D eigenvalue weighted by Crippen LogP contribution is -2.36. The molecule has 3 rings (SSSR count). The number of amides is 2. The van der Waals surface area contributed by atoms with E-state index in [4.69, 9.17) is 11.6 Å². The fourth-order valence-electron chi connectivity index (χ4n) is 2.81. The van der Waals surface area contributed by atoms with Crippen LogP contribution in [0.25, 0.3) is 0 Å². The summed E-state index contributed by atoms with van der Waals surface area (Å²) in [5.41, 5.74) is 0.656. The number of aromatic nitrogens is 3. The van der Waals surface area contributed by atoms with Crippen molar-refractivity contribution >= 4 is 23.3 Å². The van der Waals surface area contributed by atoms with E-state index in [1.165, 1.54) is 0 Å². The van der Waals surface area contributed by atoms with Crippen molar-refractivity contribution in [1.29, 1.82) is 0 Å². The molecule has 2 N–H and O–H groups in total. The fourth-order valence-corrected chi connectivity index (χ4v) is 3.00. The Labute approximate surface area is 140 Å². The molecule has 122 valence electrons. The second-order valence-electron chi connectivity index (χ2n) is 6.06. The summed E-state index contributed by atoms with van der Waals surface area (Å²) in [6, 6.07) is 6.60. The Morgan fingerprint density at radius 3 is 2.91 bits per heavy atom. The largest absolute Gasteiger partial charge is 0.328 e. The Kier molecular flexibility index (Phi) is 4.52. The van der Waals surface area contributed by atoms with E-state index >= 15 is 0 Å². The molecule has 2 heterocycles. The first-order valence-corrected chi connectivity index (χ1v) is 8.17. The van der Waals surface area contributed by atoms with Crippen molar-refractivity contribution in [2.45, 2.75) is 39.3 Å². The van der Waals surface area contributed by atoms with Crippen LogP contribution in [-0.2, 0) is 13.0 Å². The van der Waals surface area contributed by atoms with Gasteiger partial charge in [0.05, 0.1) is 6.04 Å². The van der Waals surface area contributed by atoms with Gasteiger partial charge in [0.25, 0.3) is 0 Å². The monoisotopic (exact) mass is 333 g/mol. The third kappa shape index (κ3) is 3.47. The minimum Gasteiger partial charge on any atom is -0.328 e. The van der Waals surface area contributed by atoms with Gasteiger partial charge in [-0.1, -0.05) is 31.5 Å². The quantitative estimate of drug-likeness (QED) is 0.900. The zero-order valence-corrected chi connectivity index (χ0v) is 14.0. The van der Waals surface area contributed by atoms with Crippen molar-refractivity contribution in [2.24, 2.45) is 5.92 Å². The lowest BCUT2D eigenvalue weighted by molar-refractivity contribution is 0.243. The Hall–Kier alpha value is -2.08. The average Bonchev–Trinajstić information content (AvgIpc) is 3.07. The van der Waals surface area contributed by atoms with Gasteiger partial charge in [-0.25, -0.2) is 4.79 Å². The highest BCUT2D eigenvalue weighted by Gasteiger charge is 2.27. The molecule has 0 fully saturated rings. The van der Waals surface area contributed by atoms with Crippen molar-refractivity contribution in [3.8, 4) is 0 Å². The van der Waals surface area contributed by atoms with E-state index in [1.807, 2.05) is 0 Å². The van der Waals surface area contributed by atoms with Gasteiger partial charge in [0.1, 0.15) is 5.82 Å². The number of carbonyl (C=O) groups excluding carboxylic acids is 1. The molecule has 0 bridgehead atoms. The predicted molar refractivity (Wildman–Crippen MR) is 89.5 cm³/mol. The molecule has 7 heteroatoms. The molecular weight excluding hydrogens is 314 g/mol. The molecule has 2 aromatic rings. The number of hydrogen-bond acceptors (Lipinski definition) is 3. The van der Waals surface area contributed by atoms with Gasteiger partial charge < -0.3 is 15.2 Å². The van der Waals surface area contributed by atoms with E-state index in [0.717, 1.165) is 31.0 Å². The highest BCUT2D eigenvalue weighted by atomic mass is 35.5. The molecule has 1 aromatic carbocycles. The number of fused-ring (bicyclic) bond motifs is 1. The third-order valence-electron chi connectivity index (χ3n) is 3.95. The Morgan fingerprint density at radius 2 is 2.17 bits per heavy atom. The van der Waals surface area contributed by atoms with Gasteiger partial charge >= 0.3 is 6.03 Å². The highest BCUT2D eigenvalue weighted by Crippen LogP contribution is 2.24. The fraction of sp³-hybridized carbons (Fsp3) is 0.438. The smallest absolute Gasteiger partial charge is 0.319 e. The predicted octanol–water partition coefficient (Wildman–Crippen LogP) is 3.40. The van der Waals surface area contributed by atoms with Crippen LogP contribution < -0.4 is 10.6 Å². The molecule has 1 aromatic heterocycles. The van der Waals surface area contributed by atoms with Gasteiger partial charge in [-0.05, 0) is 30.5 Å². The maximum Gasteiger partial charge on any atom is 0.319 e. The lowest BCUT2D eigenvalue weighted by atomic mass is 10.0. The van der Waals surface area contributed by atoms with Gasteiger partial charge in [0.2, 0.25) is 0 Å². The SMILES string of the molecule is CC(C)C(NC(=O)Nc1cccc(Cl)c1)c1nnc2n1CCC2. The number of carbonyl (C=O) groups is 1. The number of rotatable bonds is 4. The maximum atomic E-state index is 12.3. The molecule has 1 aliphatic rings. The number of hydrogen-bond donors (Lipinski definition) is 2. The second-order valence-corrected chi connectivity index (χ2v) is 6.50. The molecule has 6 nitrogen and oxygen atoms in total. The Morgan fingerprint density at radius 1 is 1.35 bits per heavy atom. The van der Waals surface area contributed by atoms with E-state index in [9.17, 15) is 4.79 Å². The number of halogens is 1. The number of benzene rings is 1. The van der Waals surface area contributed by atoms with Crippen LogP contribution in [0, 0.1) is 5.92 Å². The van der Waals surface area contributed by atoms with Gasteiger partial charge in [-0.3, -0.25) is 0 Å². The van der Waals surface area contributed by atoms with Crippen molar-refractivity contribution in [1.82, 2.24) is 20.1 Å². The Balaban J connectivity index is 1.73. The van der Waals surface area contributed by atoms with Gasteiger partial charge in [-0.15, -0.1) is 10.2 Å². The molecule has 1 aliphatic heterocycles. The van der Waals surface area contributed by atoms with E-state index in [2.05, 4.69) is 39.2 Å². The molecule has 0 aliphatic carbocycles. The number of nitrogens with zero attached hydrogens (tertiary/aromatic N) is 3. The van der Waals surface area contributed by atoms with E-state index in [0.29, 0.717) is 10.7 Å². The van der Waals surface area contributed by atoms with Crippen LogP contribution in [0.2, 0.25) is 5.02 Å². The summed E-state index contributed by atoms with van der Waals surface area (Å²) in [5.74, 6) is 2.03. The van der Waals surface area contributed by atoms with Gasteiger partial charge in [0, 0.05) is 23.7 Å². The first-order chi connectivity index (χ1) is 11.0. The first-order valence-electron chi connectivity index (χ1n) is 7.79. The van der Waals surface area contributed by atoms with E-state index in [-0.39, 0.29) is 18.0 Å². The number of anilines is 1. The molecule has 1 unspecified atom stereocenters. The van der Waals surface area contributed by atoms with Crippen LogP contribution in [-0.4, -0.2) is 20.8 Å². The zero-order chi connectivity index (χ0) is 16.4. The summed E-state index contributed by atoms with van der Waals surface area (Å²) in [7, 11) is 0. The first kappa shape index (κ1) is 15.8. The van der Waals surface area contributed by atoms with Crippen molar-refractivity contribution in [2.75, 3.05) is 5.32 Å². The summed E-state index contributed by atoms with van der Waals surface area (Å²) in [6.45, 7) is 5.03. The van der Waals surface area contributed by atoms with Gasteiger partial charge in [0.15, 0.2) is 5.82 Å². The second kappa shape index (κ2) is 6.58.